The summed E-state index contributed by atoms with van der Waals surface area (Å²) in [7, 11) is 0. The summed E-state index contributed by atoms with van der Waals surface area (Å²) in [6, 6.07) is 3.62. The van der Waals surface area contributed by atoms with Gasteiger partial charge in [-0.1, -0.05) is 0 Å². The van der Waals surface area contributed by atoms with Gasteiger partial charge in [0.05, 0.1) is 23.9 Å². The third-order valence-electron chi connectivity index (χ3n) is 4.16. The molecule has 0 fully saturated rings. The van der Waals surface area contributed by atoms with Gasteiger partial charge in [-0.25, -0.2) is 20.0 Å². The molecule has 7 N–H and O–H groups in total. The van der Waals surface area contributed by atoms with E-state index in [0.29, 0.717) is 30.8 Å². The molecule has 12 nitrogen and oxygen atoms in total. The first-order valence-electron chi connectivity index (χ1n) is 9.02. The molecule has 0 bridgehead atoms. The summed E-state index contributed by atoms with van der Waals surface area (Å²) in [6.45, 7) is 2.40. The van der Waals surface area contributed by atoms with E-state index in [1.807, 2.05) is 17.9 Å². The van der Waals surface area contributed by atoms with Gasteiger partial charge in [-0.05, 0) is 13.0 Å². The van der Waals surface area contributed by atoms with Gasteiger partial charge in [0, 0.05) is 19.0 Å². The summed E-state index contributed by atoms with van der Waals surface area (Å²) in [5, 5.41) is 9.00. The van der Waals surface area contributed by atoms with E-state index in [4.69, 9.17) is 20.3 Å². The number of nitrogens with two attached hydrogens (primary N) is 2. The number of rotatable bonds is 5. The standard InChI is InChI=1S/C17H22N10O2/c1-10-20-14(18)26-17(21-10)27(12-4-7-29-9-12)5-2-13-23-15(19)25-16(24-13)22-11-3-6-28-8-11/h3-4,6-10,13H,2,5H2,1H3,(H3,18,20,21,26)(H4,19,22,23,24,25). The van der Waals surface area contributed by atoms with Gasteiger partial charge in [0.2, 0.25) is 11.9 Å². The van der Waals surface area contributed by atoms with Crippen LogP contribution in [0.5, 0.6) is 0 Å². The summed E-state index contributed by atoms with van der Waals surface area (Å²) in [5.41, 5.74) is 13.4. The lowest BCUT2D eigenvalue weighted by atomic mass is 10.3. The molecule has 0 aliphatic carbocycles. The van der Waals surface area contributed by atoms with Crippen molar-refractivity contribution >= 4 is 35.2 Å². The fraction of sp³-hybridized carbons (Fsp3) is 0.294. The molecular weight excluding hydrogens is 376 g/mol. The highest BCUT2D eigenvalue weighted by atomic mass is 16.3. The molecule has 2 aliphatic rings. The van der Waals surface area contributed by atoms with Crippen LogP contribution in [0.15, 0.2) is 66.0 Å². The Labute approximate surface area is 166 Å². The molecule has 0 radical (unpaired) electrons. The minimum absolute atomic E-state index is 0.281. The lowest BCUT2D eigenvalue weighted by Crippen LogP contribution is -2.51. The second-order valence-corrected chi connectivity index (χ2v) is 6.38. The molecular formula is C17H22N10O2. The maximum absolute atomic E-state index is 5.92. The maximum atomic E-state index is 5.92. The first-order chi connectivity index (χ1) is 14.1. The highest BCUT2D eigenvalue weighted by Gasteiger charge is 2.23. The van der Waals surface area contributed by atoms with E-state index in [0.717, 1.165) is 11.4 Å². The van der Waals surface area contributed by atoms with Crippen molar-refractivity contribution in [3.63, 3.8) is 0 Å². The molecule has 0 aromatic carbocycles. The molecule has 4 heterocycles. The lowest BCUT2D eigenvalue weighted by molar-refractivity contribution is 0.566. The van der Waals surface area contributed by atoms with Gasteiger partial charge >= 0.3 is 0 Å². The number of nitrogens with one attached hydrogen (secondary N) is 3. The smallest absolute Gasteiger partial charge is 0.207 e. The highest BCUT2D eigenvalue weighted by Crippen LogP contribution is 2.18. The topological polar surface area (TPSA) is 167 Å². The van der Waals surface area contributed by atoms with Crippen molar-refractivity contribution in [2.45, 2.75) is 25.7 Å². The number of guanidine groups is 4. The summed E-state index contributed by atoms with van der Waals surface area (Å²) in [6.07, 6.45) is 6.27. The Balaban J connectivity index is 1.48. The zero-order chi connectivity index (χ0) is 20.2. The number of furan rings is 2. The summed E-state index contributed by atoms with van der Waals surface area (Å²) >= 11 is 0. The second-order valence-electron chi connectivity index (χ2n) is 6.38. The van der Waals surface area contributed by atoms with Gasteiger partial charge in [0.1, 0.15) is 24.9 Å². The predicted molar refractivity (Wildman–Crippen MR) is 111 cm³/mol. The maximum Gasteiger partial charge on any atom is 0.207 e. The molecule has 152 valence electrons. The normalized spacial score (nSPS) is 21.1. The van der Waals surface area contributed by atoms with Gasteiger partial charge in [-0.3, -0.25) is 10.6 Å². The van der Waals surface area contributed by atoms with Crippen molar-refractivity contribution in [2.75, 3.05) is 16.8 Å². The van der Waals surface area contributed by atoms with Crippen LogP contribution in [-0.4, -0.2) is 42.7 Å². The number of aliphatic imine (C=N–C) groups is 4. The fourth-order valence-corrected chi connectivity index (χ4v) is 2.93. The molecule has 0 amide bonds. The highest BCUT2D eigenvalue weighted by molar-refractivity contribution is 6.07. The fourth-order valence-electron chi connectivity index (χ4n) is 2.93. The minimum Gasteiger partial charge on any atom is -0.470 e. The molecule has 4 rings (SSSR count). The van der Waals surface area contributed by atoms with E-state index in [1.165, 1.54) is 0 Å². The van der Waals surface area contributed by atoms with Crippen molar-refractivity contribution in [1.29, 1.82) is 0 Å². The number of anilines is 2. The summed E-state index contributed by atoms with van der Waals surface area (Å²) in [5.74, 6) is 1.67. The zero-order valence-corrected chi connectivity index (χ0v) is 15.7. The summed E-state index contributed by atoms with van der Waals surface area (Å²) in [4.78, 5) is 19.6. The Kier molecular flexibility index (Phi) is 5.05. The molecule has 2 unspecified atom stereocenters. The molecule has 2 aromatic heterocycles. The third-order valence-corrected chi connectivity index (χ3v) is 4.16. The van der Waals surface area contributed by atoms with Crippen LogP contribution < -0.4 is 32.3 Å². The van der Waals surface area contributed by atoms with Crippen molar-refractivity contribution < 1.29 is 8.83 Å². The predicted octanol–water partition coefficient (Wildman–Crippen LogP) is 0.401. The minimum atomic E-state index is -0.382. The average Bonchev–Trinajstić information content (AvgIpc) is 3.35. The number of nitrogens with zero attached hydrogens (tertiary/aromatic N) is 5. The molecule has 2 atom stereocenters. The van der Waals surface area contributed by atoms with E-state index >= 15 is 0 Å². The van der Waals surface area contributed by atoms with E-state index in [-0.39, 0.29) is 18.3 Å². The Morgan fingerprint density at radius 1 is 1.03 bits per heavy atom. The van der Waals surface area contributed by atoms with Crippen LogP contribution in [0.3, 0.4) is 0 Å². The molecule has 0 spiro atoms. The largest absolute Gasteiger partial charge is 0.470 e. The quantitative estimate of drug-likeness (QED) is 0.482. The van der Waals surface area contributed by atoms with Crippen LogP contribution in [0.2, 0.25) is 0 Å². The van der Waals surface area contributed by atoms with Gasteiger partial charge in [0.15, 0.2) is 11.9 Å². The molecule has 0 saturated heterocycles. The van der Waals surface area contributed by atoms with Crippen LogP contribution in [0.25, 0.3) is 0 Å². The zero-order valence-electron chi connectivity index (χ0n) is 15.7. The molecule has 29 heavy (non-hydrogen) atoms. The Morgan fingerprint density at radius 3 is 2.55 bits per heavy atom. The van der Waals surface area contributed by atoms with Gasteiger partial charge in [-0.15, -0.1) is 0 Å². The van der Waals surface area contributed by atoms with Crippen LogP contribution in [-0.2, 0) is 0 Å². The van der Waals surface area contributed by atoms with E-state index in [2.05, 4.69) is 35.9 Å². The van der Waals surface area contributed by atoms with E-state index in [9.17, 15) is 0 Å². The van der Waals surface area contributed by atoms with E-state index in [1.54, 1.807) is 31.1 Å². The first-order valence-corrected chi connectivity index (χ1v) is 9.02. The SMILES string of the molecule is CC1N=C(N)NC(N(CCC2N=C(N)NC(Nc3ccoc3)=N2)c2ccoc2)=N1. The Hall–Kier alpha value is -3.96. The van der Waals surface area contributed by atoms with Gasteiger partial charge < -0.3 is 30.5 Å². The number of hydrogen-bond donors (Lipinski definition) is 5. The number of hydrogen-bond acceptors (Lipinski definition) is 12. The van der Waals surface area contributed by atoms with Crippen LogP contribution in [0, 0.1) is 0 Å². The molecule has 12 heteroatoms. The van der Waals surface area contributed by atoms with Crippen molar-refractivity contribution in [3.05, 3.63) is 37.2 Å². The van der Waals surface area contributed by atoms with Crippen molar-refractivity contribution in [1.82, 2.24) is 10.6 Å². The Morgan fingerprint density at radius 2 is 1.83 bits per heavy atom. The van der Waals surface area contributed by atoms with Crippen molar-refractivity contribution in [3.8, 4) is 0 Å². The monoisotopic (exact) mass is 398 g/mol. The molecule has 2 aromatic rings. The average molecular weight is 398 g/mol. The molecule has 2 aliphatic heterocycles. The summed E-state index contributed by atoms with van der Waals surface area (Å²) < 4.78 is 10.3. The Bertz CT molecular complexity index is 945. The van der Waals surface area contributed by atoms with E-state index < -0.39 is 0 Å². The van der Waals surface area contributed by atoms with Crippen molar-refractivity contribution in [2.24, 2.45) is 31.4 Å². The first kappa shape index (κ1) is 18.4. The van der Waals surface area contributed by atoms with Gasteiger partial charge in [-0.2, -0.15) is 0 Å². The third kappa shape index (κ3) is 4.48. The van der Waals surface area contributed by atoms with Gasteiger partial charge in [0.25, 0.3) is 0 Å². The molecule has 0 saturated carbocycles. The van der Waals surface area contributed by atoms with Crippen LogP contribution in [0.1, 0.15) is 13.3 Å². The van der Waals surface area contributed by atoms with Crippen LogP contribution in [0.4, 0.5) is 11.4 Å². The lowest BCUT2D eigenvalue weighted by Gasteiger charge is -2.29. The van der Waals surface area contributed by atoms with Crippen LogP contribution >= 0.6 is 0 Å². The second kappa shape index (κ2) is 7.96.